The summed E-state index contributed by atoms with van der Waals surface area (Å²) in [5.74, 6) is -0.486. The van der Waals surface area contributed by atoms with E-state index < -0.39 is 18.6 Å². The Labute approximate surface area is 134 Å². The molecule has 1 saturated heterocycles. The Hall–Kier alpha value is -1.60. The van der Waals surface area contributed by atoms with Gasteiger partial charge in [0.05, 0.1) is 6.54 Å². The highest BCUT2D eigenvalue weighted by molar-refractivity contribution is 5.78. The normalized spacial score (nSPS) is 19.6. The number of rotatable bonds is 5. The third kappa shape index (κ3) is 5.84. The lowest BCUT2D eigenvalue weighted by molar-refractivity contribution is -0.163. The quantitative estimate of drug-likeness (QED) is 0.896. The molecule has 1 fully saturated rings. The zero-order chi connectivity index (χ0) is 16.9. The summed E-state index contributed by atoms with van der Waals surface area (Å²) in [6.45, 7) is 2.89. The van der Waals surface area contributed by atoms with Crippen molar-refractivity contribution >= 4 is 5.91 Å². The predicted octanol–water partition coefficient (Wildman–Crippen LogP) is 1.87. The topological polar surface area (TPSA) is 35.6 Å². The number of benzene rings is 1. The molecule has 0 spiro atoms. The van der Waals surface area contributed by atoms with Gasteiger partial charge in [0, 0.05) is 32.2 Å². The molecular formula is C16H22F3N3O. The first-order chi connectivity index (χ1) is 10.8. The van der Waals surface area contributed by atoms with Crippen LogP contribution in [0.2, 0.25) is 0 Å². The van der Waals surface area contributed by atoms with Crippen molar-refractivity contribution < 1.29 is 18.0 Å². The molecule has 1 aliphatic heterocycles. The van der Waals surface area contributed by atoms with Crippen molar-refractivity contribution in [3.8, 4) is 0 Å². The van der Waals surface area contributed by atoms with E-state index >= 15 is 0 Å². The Morgan fingerprint density at radius 2 is 2.04 bits per heavy atom. The number of piperazine rings is 1. The van der Waals surface area contributed by atoms with Gasteiger partial charge in [0.15, 0.2) is 0 Å². The predicted molar refractivity (Wildman–Crippen MR) is 81.8 cm³/mol. The van der Waals surface area contributed by atoms with Crippen molar-refractivity contribution in [1.82, 2.24) is 15.1 Å². The lowest BCUT2D eigenvalue weighted by atomic mass is 10.2. The second-order valence-electron chi connectivity index (χ2n) is 5.87. The molecule has 0 unspecified atom stereocenters. The zero-order valence-electron chi connectivity index (χ0n) is 13.1. The molecule has 128 valence electrons. The number of alkyl halides is 3. The number of halogens is 3. The van der Waals surface area contributed by atoms with Crippen LogP contribution in [-0.4, -0.2) is 60.6 Å². The van der Waals surface area contributed by atoms with Crippen molar-refractivity contribution in [2.24, 2.45) is 0 Å². The number of hydrogen-bond acceptors (Lipinski definition) is 3. The van der Waals surface area contributed by atoms with Crippen LogP contribution in [0.25, 0.3) is 0 Å². The summed E-state index contributed by atoms with van der Waals surface area (Å²) in [6, 6.07) is 8.89. The maximum Gasteiger partial charge on any atom is 0.406 e. The monoisotopic (exact) mass is 329 g/mol. The van der Waals surface area contributed by atoms with Gasteiger partial charge in [0.2, 0.25) is 5.91 Å². The average molecular weight is 329 g/mol. The van der Waals surface area contributed by atoms with Gasteiger partial charge in [0.25, 0.3) is 0 Å². The van der Waals surface area contributed by atoms with Crippen molar-refractivity contribution in [3.63, 3.8) is 0 Å². The molecule has 0 aliphatic carbocycles. The largest absolute Gasteiger partial charge is 0.406 e. The van der Waals surface area contributed by atoms with E-state index in [1.54, 1.807) is 30.3 Å². The minimum atomic E-state index is -4.40. The lowest BCUT2D eigenvalue weighted by Gasteiger charge is -2.35. The van der Waals surface area contributed by atoms with E-state index in [-0.39, 0.29) is 19.1 Å². The molecule has 1 atom stereocenters. The van der Waals surface area contributed by atoms with E-state index in [0.717, 1.165) is 18.0 Å². The number of hydrogen-bond donors (Lipinski definition) is 1. The van der Waals surface area contributed by atoms with Gasteiger partial charge in [-0.1, -0.05) is 30.3 Å². The van der Waals surface area contributed by atoms with Crippen LogP contribution in [0.15, 0.2) is 30.3 Å². The van der Waals surface area contributed by atoms with Crippen LogP contribution in [-0.2, 0) is 11.3 Å². The average Bonchev–Trinajstić information content (AvgIpc) is 2.48. The Morgan fingerprint density at radius 1 is 1.35 bits per heavy atom. The van der Waals surface area contributed by atoms with Crippen molar-refractivity contribution in [1.29, 1.82) is 0 Å². The van der Waals surface area contributed by atoms with Gasteiger partial charge in [-0.3, -0.25) is 9.69 Å². The van der Waals surface area contributed by atoms with E-state index in [1.165, 1.54) is 0 Å². The highest BCUT2D eigenvalue weighted by Gasteiger charge is 2.34. The standard InChI is InChI=1S/C16H22F3N3O/c1-13-9-20-7-8-21(13)11-15(23)22(12-16(17,18)19)10-14-5-3-2-4-6-14/h2-6,13,20H,7-12H2,1H3/t13-/m1/s1. The highest BCUT2D eigenvalue weighted by Crippen LogP contribution is 2.19. The Balaban J connectivity index is 2.04. The second kappa shape index (κ2) is 7.79. The summed E-state index contributed by atoms with van der Waals surface area (Å²) in [4.78, 5) is 15.2. The van der Waals surface area contributed by atoms with E-state index in [0.29, 0.717) is 12.1 Å². The fourth-order valence-electron chi connectivity index (χ4n) is 2.64. The summed E-state index contributed by atoms with van der Waals surface area (Å²) in [5, 5.41) is 3.20. The van der Waals surface area contributed by atoms with Crippen LogP contribution in [0, 0.1) is 0 Å². The fourth-order valence-corrected chi connectivity index (χ4v) is 2.64. The summed E-state index contributed by atoms with van der Waals surface area (Å²) in [5.41, 5.74) is 0.693. The van der Waals surface area contributed by atoms with E-state index in [4.69, 9.17) is 0 Å². The molecule has 1 aromatic carbocycles. The molecule has 4 nitrogen and oxygen atoms in total. The minimum Gasteiger partial charge on any atom is -0.328 e. The number of nitrogens with zero attached hydrogens (tertiary/aromatic N) is 2. The van der Waals surface area contributed by atoms with Gasteiger partial charge in [-0.25, -0.2) is 0 Å². The summed E-state index contributed by atoms with van der Waals surface area (Å²) < 4.78 is 38.4. The molecule has 23 heavy (non-hydrogen) atoms. The molecule has 1 heterocycles. The second-order valence-corrected chi connectivity index (χ2v) is 5.87. The number of carbonyl (C=O) groups is 1. The first-order valence-corrected chi connectivity index (χ1v) is 7.68. The molecule has 2 rings (SSSR count). The van der Waals surface area contributed by atoms with Crippen LogP contribution in [0.4, 0.5) is 13.2 Å². The van der Waals surface area contributed by atoms with Crippen LogP contribution >= 0.6 is 0 Å². The third-order valence-corrected chi connectivity index (χ3v) is 3.92. The fraction of sp³-hybridized carbons (Fsp3) is 0.562. The van der Waals surface area contributed by atoms with Crippen LogP contribution in [0.3, 0.4) is 0 Å². The van der Waals surface area contributed by atoms with E-state index in [9.17, 15) is 18.0 Å². The molecule has 0 radical (unpaired) electrons. The first-order valence-electron chi connectivity index (χ1n) is 7.68. The first kappa shape index (κ1) is 17.7. The van der Waals surface area contributed by atoms with Crippen molar-refractivity contribution in [3.05, 3.63) is 35.9 Å². The van der Waals surface area contributed by atoms with E-state index in [2.05, 4.69) is 5.32 Å². The molecule has 0 aromatic heterocycles. The Morgan fingerprint density at radius 3 is 2.65 bits per heavy atom. The maximum absolute atomic E-state index is 12.8. The molecule has 7 heteroatoms. The van der Waals surface area contributed by atoms with Gasteiger partial charge in [-0.05, 0) is 12.5 Å². The number of amides is 1. The van der Waals surface area contributed by atoms with Crippen LogP contribution < -0.4 is 5.32 Å². The highest BCUT2D eigenvalue weighted by atomic mass is 19.4. The summed E-state index contributed by atoms with van der Waals surface area (Å²) >= 11 is 0. The third-order valence-electron chi connectivity index (χ3n) is 3.92. The van der Waals surface area contributed by atoms with Gasteiger partial charge in [-0.2, -0.15) is 13.2 Å². The smallest absolute Gasteiger partial charge is 0.328 e. The Kier molecular flexibility index (Phi) is 6.01. The molecular weight excluding hydrogens is 307 g/mol. The molecule has 0 saturated carbocycles. The molecule has 1 amide bonds. The number of carbonyl (C=O) groups excluding carboxylic acids is 1. The summed E-state index contributed by atoms with van der Waals surface area (Å²) in [7, 11) is 0. The number of nitrogens with one attached hydrogen (secondary N) is 1. The molecule has 0 bridgehead atoms. The van der Waals surface area contributed by atoms with Gasteiger partial charge in [0.1, 0.15) is 6.54 Å². The van der Waals surface area contributed by atoms with Gasteiger partial charge in [-0.15, -0.1) is 0 Å². The lowest BCUT2D eigenvalue weighted by Crippen LogP contribution is -2.53. The molecule has 1 N–H and O–H groups in total. The van der Waals surface area contributed by atoms with Crippen molar-refractivity contribution in [2.75, 3.05) is 32.7 Å². The van der Waals surface area contributed by atoms with Gasteiger partial charge >= 0.3 is 6.18 Å². The van der Waals surface area contributed by atoms with Crippen LogP contribution in [0.5, 0.6) is 0 Å². The van der Waals surface area contributed by atoms with Crippen molar-refractivity contribution in [2.45, 2.75) is 25.7 Å². The maximum atomic E-state index is 12.8. The zero-order valence-corrected chi connectivity index (χ0v) is 13.1. The SMILES string of the molecule is C[C@@H]1CNCCN1CC(=O)N(Cc1ccccc1)CC(F)(F)F. The van der Waals surface area contributed by atoms with E-state index in [1.807, 2.05) is 11.8 Å². The molecule has 1 aromatic rings. The van der Waals surface area contributed by atoms with Gasteiger partial charge < -0.3 is 10.2 Å². The molecule has 1 aliphatic rings. The summed E-state index contributed by atoms with van der Waals surface area (Å²) in [6.07, 6.45) is -4.40. The minimum absolute atomic E-state index is 0.0196. The van der Waals surface area contributed by atoms with Crippen LogP contribution in [0.1, 0.15) is 12.5 Å². The Bertz CT molecular complexity index is 507.